The summed E-state index contributed by atoms with van der Waals surface area (Å²) >= 11 is 0. The fraction of sp³-hybridized carbons (Fsp3) is 0.900. The predicted molar refractivity (Wildman–Crippen MR) is 53.3 cm³/mol. The molecule has 0 radical (unpaired) electrons. The van der Waals surface area contributed by atoms with E-state index in [0.717, 1.165) is 0 Å². The lowest BCUT2D eigenvalue weighted by Crippen LogP contribution is -2.58. The van der Waals surface area contributed by atoms with E-state index in [1.54, 1.807) is 0 Å². The van der Waals surface area contributed by atoms with Gasteiger partial charge in [-0.15, -0.1) is 0 Å². The van der Waals surface area contributed by atoms with Crippen LogP contribution in [0.1, 0.15) is 26.7 Å². The minimum absolute atomic E-state index is 0.240. The number of likely N-dealkylation sites (N-methyl/N-ethyl adjacent to an activating group) is 1. The number of rotatable bonds is 3. The van der Waals surface area contributed by atoms with Gasteiger partial charge in [-0.1, -0.05) is 0 Å². The van der Waals surface area contributed by atoms with Gasteiger partial charge in [0.2, 0.25) is 0 Å². The van der Waals surface area contributed by atoms with Crippen molar-refractivity contribution in [2.75, 3.05) is 20.3 Å². The summed E-state index contributed by atoms with van der Waals surface area (Å²) < 4.78 is 5.21. The minimum atomic E-state index is -0.725. The van der Waals surface area contributed by atoms with E-state index in [1.165, 1.54) is 0 Å². The highest BCUT2D eigenvalue weighted by atomic mass is 16.5. The maximum Gasteiger partial charge on any atom is 0.324 e. The molecule has 0 aromatic heterocycles. The second-order valence-electron chi connectivity index (χ2n) is 4.15. The van der Waals surface area contributed by atoms with E-state index in [0.29, 0.717) is 26.1 Å². The summed E-state index contributed by atoms with van der Waals surface area (Å²) in [6, 6.07) is 0.240. The predicted octanol–water partition coefficient (Wildman–Crippen LogP) is 0.960. The van der Waals surface area contributed by atoms with E-state index in [2.05, 4.69) is 0 Å². The van der Waals surface area contributed by atoms with Gasteiger partial charge in [0.25, 0.3) is 0 Å². The molecule has 0 atom stereocenters. The van der Waals surface area contributed by atoms with Crippen molar-refractivity contribution < 1.29 is 14.6 Å². The van der Waals surface area contributed by atoms with E-state index in [-0.39, 0.29) is 6.04 Å². The molecule has 1 aliphatic heterocycles. The van der Waals surface area contributed by atoms with Crippen molar-refractivity contribution in [3.05, 3.63) is 0 Å². The van der Waals surface area contributed by atoms with Gasteiger partial charge in [0, 0.05) is 19.3 Å². The van der Waals surface area contributed by atoms with Gasteiger partial charge < -0.3 is 9.84 Å². The Morgan fingerprint density at radius 3 is 2.29 bits per heavy atom. The topological polar surface area (TPSA) is 49.8 Å². The van der Waals surface area contributed by atoms with Crippen LogP contribution in [0.15, 0.2) is 0 Å². The van der Waals surface area contributed by atoms with Crippen LogP contribution in [0.3, 0.4) is 0 Å². The molecule has 1 saturated heterocycles. The first kappa shape index (κ1) is 11.5. The summed E-state index contributed by atoms with van der Waals surface area (Å²) in [5.74, 6) is -0.725. The molecule has 0 saturated carbocycles. The number of hydrogen-bond donors (Lipinski definition) is 1. The summed E-state index contributed by atoms with van der Waals surface area (Å²) in [5.41, 5.74) is -0.716. The highest BCUT2D eigenvalue weighted by Gasteiger charge is 2.44. The first-order valence-electron chi connectivity index (χ1n) is 5.05. The van der Waals surface area contributed by atoms with Crippen LogP contribution in [-0.2, 0) is 9.53 Å². The van der Waals surface area contributed by atoms with Gasteiger partial charge in [0.15, 0.2) is 0 Å². The number of carboxylic acid groups (broad SMARTS) is 1. The minimum Gasteiger partial charge on any atom is -0.480 e. The summed E-state index contributed by atoms with van der Waals surface area (Å²) in [6.07, 6.45) is 1.16. The van der Waals surface area contributed by atoms with E-state index >= 15 is 0 Å². The van der Waals surface area contributed by atoms with Crippen molar-refractivity contribution in [3.63, 3.8) is 0 Å². The Labute approximate surface area is 84.8 Å². The van der Waals surface area contributed by atoms with E-state index in [4.69, 9.17) is 4.74 Å². The number of aliphatic carboxylic acids is 1. The average molecular weight is 201 g/mol. The number of carbonyl (C=O) groups is 1. The van der Waals surface area contributed by atoms with Gasteiger partial charge >= 0.3 is 5.97 Å². The molecule has 4 heteroatoms. The monoisotopic (exact) mass is 201 g/mol. The molecule has 0 aromatic carbocycles. The summed E-state index contributed by atoms with van der Waals surface area (Å²) in [6.45, 7) is 5.12. The highest BCUT2D eigenvalue weighted by molar-refractivity contribution is 5.79. The van der Waals surface area contributed by atoms with Gasteiger partial charge in [-0.3, -0.25) is 9.69 Å². The molecule has 82 valence electrons. The van der Waals surface area contributed by atoms with Gasteiger partial charge in [0.05, 0.1) is 0 Å². The zero-order valence-corrected chi connectivity index (χ0v) is 9.12. The molecule has 0 aromatic rings. The van der Waals surface area contributed by atoms with Crippen LogP contribution in [-0.4, -0.2) is 47.8 Å². The Bertz CT molecular complexity index is 209. The van der Waals surface area contributed by atoms with Crippen molar-refractivity contribution in [1.29, 1.82) is 0 Å². The summed E-state index contributed by atoms with van der Waals surface area (Å²) in [4.78, 5) is 13.3. The van der Waals surface area contributed by atoms with Crippen molar-refractivity contribution in [2.24, 2.45) is 0 Å². The second-order valence-corrected chi connectivity index (χ2v) is 4.15. The van der Waals surface area contributed by atoms with Crippen LogP contribution in [0.25, 0.3) is 0 Å². The van der Waals surface area contributed by atoms with Crippen LogP contribution in [0.5, 0.6) is 0 Å². The van der Waals surface area contributed by atoms with Crippen molar-refractivity contribution in [3.8, 4) is 0 Å². The molecule has 0 amide bonds. The molecule has 0 unspecified atom stereocenters. The zero-order valence-electron chi connectivity index (χ0n) is 9.12. The number of carboxylic acids is 1. The van der Waals surface area contributed by atoms with Crippen molar-refractivity contribution in [1.82, 2.24) is 4.90 Å². The smallest absolute Gasteiger partial charge is 0.324 e. The molecule has 0 aliphatic carbocycles. The third-order valence-electron chi connectivity index (χ3n) is 3.17. The fourth-order valence-corrected chi connectivity index (χ4v) is 1.92. The van der Waals surface area contributed by atoms with Crippen LogP contribution in [0.2, 0.25) is 0 Å². The Balaban J connectivity index is 2.85. The fourth-order valence-electron chi connectivity index (χ4n) is 1.92. The van der Waals surface area contributed by atoms with Crippen LogP contribution in [0, 0.1) is 0 Å². The van der Waals surface area contributed by atoms with E-state index < -0.39 is 11.5 Å². The highest BCUT2D eigenvalue weighted by Crippen LogP contribution is 2.28. The number of nitrogens with zero attached hydrogens (tertiary/aromatic N) is 1. The maximum atomic E-state index is 11.3. The van der Waals surface area contributed by atoms with Gasteiger partial charge in [0.1, 0.15) is 5.54 Å². The van der Waals surface area contributed by atoms with Gasteiger partial charge in [-0.25, -0.2) is 0 Å². The molecule has 1 N–H and O–H groups in total. The third-order valence-corrected chi connectivity index (χ3v) is 3.17. The molecular formula is C10H19NO3. The summed E-state index contributed by atoms with van der Waals surface area (Å²) in [5, 5.41) is 9.31. The normalized spacial score (nSPS) is 21.5. The molecule has 0 bridgehead atoms. The van der Waals surface area contributed by atoms with Crippen molar-refractivity contribution in [2.45, 2.75) is 38.3 Å². The van der Waals surface area contributed by atoms with Crippen LogP contribution in [0.4, 0.5) is 0 Å². The molecule has 14 heavy (non-hydrogen) atoms. The second kappa shape index (κ2) is 4.28. The van der Waals surface area contributed by atoms with Gasteiger partial charge in [-0.05, 0) is 33.7 Å². The van der Waals surface area contributed by atoms with Crippen LogP contribution >= 0.6 is 0 Å². The Kier molecular flexibility index (Phi) is 3.50. The first-order chi connectivity index (χ1) is 6.50. The number of ether oxygens (including phenoxy) is 1. The molecule has 1 aliphatic rings. The van der Waals surface area contributed by atoms with Gasteiger partial charge in [-0.2, -0.15) is 0 Å². The average Bonchev–Trinajstić information content (AvgIpc) is 2.17. The molecular weight excluding hydrogens is 182 g/mol. The zero-order chi connectivity index (χ0) is 10.8. The first-order valence-corrected chi connectivity index (χ1v) is 5.05. The standard InChI is InChI=1S/C10H19NO3/c1-8(2)11(3)10(9(12)13)4-6-14-7-5-10/h8H,4-7H2,1-3H3,(H,12,13). The van der Waals surface area contributed by atoms with E-state index in [9.17, 15) is 9.90 Å². The Morgan fingerprint density at radius 1 is 1.43 bits per heavy atom. The van der Waals surface area contributed by atoms with Crippen molar-refractivity contribution >= 4 is 5.97 Å². The lowest BCUT2D eigenvalue weighted by molar-refractivity contribution is -0.159. The lowest BCUT2D eigenvalue weighted by Gasteiger charge is -2.42. The lowest BCUT2D eigenvalue weighted by atomic mass is 9.87. The molecule has 4 nitrogen and oxygen atoms in total. The SMILES string of the molecule is CC(C)N(C)C1(C(=O)O)CCOCC1. The Hall–Kier alpha value is -0.610. The maximum absolute atomic E-state index is 11.3. The molecule has 1 fully saturated rings. The quantitative estimate of drug-likeness (QED) is 0.739. The van der Waals surface area contributed by atoms with E-state index in [1.807, 2.05) is 25.8 Å². The summed E-state index contributed by atoms with van der Waals surface area (Å²) in [7, 11) is 1.88. The largest absolute Gasteiger partial charge is 0.480 e. The van der Waals surface area contributed by atoms with Crippen LogP contribution < -0.4 is 0 Å². The molecule has 0 spiro atoms. The molecule has 1 rings (SSSR count). The molecule has 1 heterocycles. The Morgan fingerprint density at radius 2 is 1.93 bits per heavy atom. The third kappa shape index (κ3) is 1.91. The number of hydrogen-bond acceptors (Lipinski definition) is 3.